The highest BCUT2D eigenvalue weighted by molar-refractivity contribution is 5.78. The highest BCUT2D eigenvalue weighted by atomic mass is 19.1. The molecule has 130 valence electrons. The summed E-state index contributed by atoms with van der Waals surface area (Å²) < 4.78 is 19.7. The van der Waals surface area contributed by atoms with E-state index in [2.05, 4.69) is 17.0 Å². The molecule has 2 atom stereocenters. The van der Waals surface area contributed by atoms with E-state index in [9.17, 15) is 9.50 Å². The van der Waals surface area contributed by atoms with Gasteiger partial charge in [-0.25, -0.2) is 4.39 Å². The third-order valence-corrected chi connectivity index (χ3v) is 5.43. The lowest BCUT2D eigenvalue weighted by atomic mass is 9.76. The average Bonchev–Trinajstić information content (AvgIpc) is 3.08. The number of nitrogens with zero attached hydrogens (tertiary/aromatic N) is 1. The van der Waals surface area contributed by atoms with Gasteiger partial charge < -0.3 is 9.52 Å². The van der Waals surface area contributed by atoms with Crippen molar-refractivity contribution in [3.63, 3.8) is 0 Å². The molecule has 1 aliphatic rings. The Morgan fingerprint density at radius 1 is 1.24 bits per heavy atom. The third kappa shape index (κ3) is 2.96. The predicted molar refractivity (Wildman–Crippen MR) is 95.6 cm³/mol. The van der Waals surface area contributed by atoms with Crippen molar-refractivity contribution >= 4 is 11.0 Å². The first-order valence-electron chi connectivity index (χ1n) is 8.72. The van der Waals surface area contributed by atoms with E-state index in [4.69, 9.17) is 4.42 Å². The quantitative estimate of drug-likeness (QED) is 0.773. The van der Waals surface area contributed by atoms with Gasteiger partial charge >= 0.3 is 0 Å². The van der Waals surface area contributed by atoms with Crippen LogP contribution < -0.4 is 0 Å². The van der Waals surface area contributed by atoms with Gasteiger partial charge in [-0.3, -0.25) is 4.90 Å². The lowest BCUT2D eigenvalue weighted by Gasteiger charge is -2.43. The number of halogens is 1. The second-order valence-electron chi connectivity index (χ2n) is 7.09. The normalized spacial score (nSPS) is 24.7. The van der Waals surface area contributed by atoms with Crippen molar-refractivity contribution in [2.24, 2.45) is 5.92 Å². The fourth-order valence-corrected chi connectivity index (χ4v) is 3.90. The summed E-state index contributed by atoms with van der Waals surface area (Å²) in [6.45, 7) is 4.44. The van der Waals surface area contributed by atoms with Crippen molar-refractivity contribution in [2.45, 2.75) is 25.5 Å². The topological polar surface area (TPSA) is 36.6 Å². The van der Waals surface area contributed by atoms with E-state index in [0.717, 1.165) is 19.6 Å². The second-order valence-corrected chi connectivity index (χ2v) is 7.09. The van der Waals surface area contributed by atoms with Crippen LogP contribution in [-0.4, -0.2) is 23.1 Å². The smallest absolute Gasteiger partial charge is 0.137 e. The first-order chi connectivity index (χ1) is 12.1. The van der Waals surface area contributed by atoms with Crippen LogP contribution in [0.4, 0.5) is 4.39 Å². The third-order valence-electron chi connectivity index (χ3n) is 5.43. The number of rotatable bonds is 3. The van der Waals surface area contributed by atoms with Crippen molar-refractivity contribution in [1.82, 2.24) is 4.90 Å². The average molecular weight is 339 g/mol. The zero-order valence-electron chi connectivity index (χ0n) is 14.3. The van der Waals surface area contributed by atoms with Gasteiger partial charge in [0.25, 0.3) is 0 Å². The Bertz CT molecular complexity index is 876. The maximum Gasteiger partial charge on any atom is 0.137 e. The molecule has 2 aromatic carbocycles. The molecule has 3 nitrogen and oxygen atoms in total. The number of benzene rings is 2. The number of aliphatic hydroxyl groups is 1. The number of fused-ring (bicyclic) bond motifs is 1. The summed E-state index contributed by atoms with van der Waals surface area (Å²) in [6.07, 6.45) is 2.06. The fourth-order valence-electron chi connectivity index (χ4n) is 3.90. The van der Waals surface area contributed by atoms with Crippen LogP contribution in [0.3, 0.4) is 0 Å². The maximum atomic E-state index is 14.3. The van der Waals surface area contributed by atoms with Crippen LogP contribution >= 0.6 is 0 Å². The summed E-state index contributed by atoms with van der Waals surface area (Å²) in [5.74, 6) is -0.342. The summed E-state index contributed by atoms with van der Waals surface area (Å²) in [5.41, 5.74) is 1.33. The van der Waals surface area contributed by atoms with Crippen molar-refractivity contribution in [2.75, 3.05) is 13.1 Å². The molecule has 1 aromatic heterocycles. The molecular formula is C21H22FNO2. The lowest BCUT2D eigenvalue weighted by Crippen LogP contribution is -2.48. The first-order valence-corrected chi connectivity index (χ1v) is 8.72. The van der Waals surface area contributed by atoms with Crippen molar-refractivity contribution < 1.29 is 13.9 Å². The molecule has 0 bridgehead atoms. The molecule has 0 aliphatic carbocycles. The standard InChI is InChI=1S/C21H22FNO2/c1-15-13-23(14-16-5-3-2-4-6-16)9-8-21(15,24)17-11-19(22)18-7-10-25-20(18)12-17/h2-7,10-12,15,24H,8-9,13-14H2,1H3. The molecule has 2 heterocycles. The van der Waals surface area contributed by atoms with Crippen molar-refractivity contribution in [3.8, 4) is 0 Å². The van der Waals surface area contributed by atoms with E-state index in [-0.39, 0.29) is 11.7 Å². The molecular weight excluding hydrogens is 317 g/mol. The summed E-state index contributed by atoms with van der Waals surface area (Å²) in [6, 6.07) is 15.2. The Kier molecular flexibility index (Phi) is 4.10. The zero-order valence-corrected chi connectivity index (χ0v) is 14.3. The number of furan rings is 1. The largest absolute Gasteiger partial charge is 0.464 e. The Hall–Kier alpha value is -2.17. The van der Waals surface area contributed by atoms with E-state index >= 15 is 0 Å². The van der Waals surface area contributed by atoms with Crippen LogP contribution in [0.5, 0.6) is 0 Å². The Morgan fingerprint density at radius 2 is 2.04 bits per heavy atom. The molecule has 0 amide bonds. The minimum absolute atomic E-state index is 0.00299. The monoisotopic (exact) mass is 339 g/mol. The van der Waals surface area contributed by atoms with Gasteiger partial charge in [-0.1, -0.05) is 37.3 Å². The number of likely N-dealkylation sites (tertiary alicyclic amines) is 1. The van der Waals surface area contributed by atoms with Gasteiger partial charge in [0.15, 0.2) is 0 Å². The van der Waals surface area contributed by atoms with Crippen LogP contribution in [0.1, 0.15) is 24.5 Å². The van der Waals surface area contributed by atoms with Crippen LogP contribution in [-0.2, 0) is 12.1 Å². The molecule has 0 spiro atoms. The highest BCUT2D eigenvalue weighted by Gasteiger charge is 2.40. The molecule has 3 aromatic rings. The minimum Gasteiger partial charge on any atom is -0.464 e. The molecule has 1 saturated heterocycles. The predicted octanol–water partition coefficient (Wildman–Crippen LogP) is 4.30. The Morgan fingerprint density at radius 3 is 2.80 bits per heavy atom. The molecule has 1 N–H and O–H groups in total. The number of hydrogen-bond donors (Lipinski definition) is 1. The summed E-state index contributed by atoms with van der Waals surface area (Å²) >= 11 is 0. The molecule has 4 heteroatoms. The van der Waals surface area contributed by atoms with Crippen molar-refractivity contribution in [1.29, 1.82) is 0 Å². The van der Waals surface area contributed by atoms with Gasteiger partial charge in [-0.2, -0.15) is 0 Å². The van der Waals surface area contributed by atoms with Crippen LogP contribution in [0.2, 0.25) is 0 Å². The molecule has 25 heavy (non-hydrogen) atoms. The molecule has 0 saturated carbocycles. The Labute approximate surface area is 146 Å². The lowest BCUT2D eigenvalue weighted by molar-refractivity contribution is -0.0729. The zero-order chi connectivity index (χ0) is 17.4. The van der Waals surface area contributed by atoms with E-state index in [1.807, 2.05) is 25.1 Å². The maximum absolute atomic E-state index is 14.3. The second kappa shape index (κ2) is 6.28. The number of piperidine rings is 1. The molecule has 2 unspecified atom stereocenters. The highest BCUT2D eigenvalue weighted by Crippen LogP contribution is 2.39. The van der Waals surface area contributed by atoms with Crippen molar-refractivity contribution in [3.05, 3.63) is 71.7 Å². The molecule has 0 radical (unpaired) electrons. The SMILES string of the molecule is CC1CN(Cc2ccccc2)CCC1(O)c1cc(F)c2ccoc2c1. The molecule has 4 rings (SSSR count). The minimum atomic E-state index is -1.03. The van der Waals surface area contributed by atoms with Gasteiger partial charge in [0.1, 0.15) is 11.4 Å². The van der Waals surface area contributed by atoms with E-state index < -0.39 is 5.60 Å². The van der Waals surface area contributed by atoms with Crippen LogP contribution in [0.25, 0.3) is 11.0 Å². The Balaban J connectivity index is 1.56. The van der Waals surface area contributed by atoms with Crippen LogP contribution in [0.15, 0.2) is 59.2 Å². The van der Waals surface area contributed by atoms with Gasteiger partial charge in [0, 0.05) is 25.6 Å². The van der Waals surface area contributed by atoms with E-state index in [0.29, 0.717) is 23.0 Å². The van der Waals surface area contributed by atoms with Gasteiger partial charge in [-0.15, -0.1) is 0 Å². The summed E-state index contributed by atoms with van der Waals surface area (Å²) in [5, 5.41) is 11.7. The fraction of sp³-hybridized carbons (Fsp3) is 0.333. The van der Waals surface area contributed by atoms with Gasteiger partial charge in [-0.05, 0) is 35.7 Å². The van der Waals surface area contributed by atoms with Crippen LogP contribution in [0, 0.1) is 11.7 Å². The first kappa shape index (κ1) is 16.3. The number of hydrogen-bond acceptors (Lipinski definition) is 3. The van der Waals surface area contributed by atoms with Gasteiger partial charge in [0.2, 0.25) is 0 Å². The van der Waals surface area contributed by atoms with E-state index in [1.54, 1.807) is 12.1 Å². The van der Waals surface area contributed by atoms with Gasteiger partial charge in [0.05, 0.1) is 17.3 Å². The molecule has 1 aliphatic heterocycles. The summed E-state index contributed by atoms with van der Waals surface area (Å²) in [7, 11) is 0. The summed E-state index contributed by atoms with van der Waals surface area (Å²) in [4.78, 5) is 2.34. The molecule has 1 fully saturated rings. The van der Waals surface area contributed by atoms with E-state index in [1.165, 1.54) is 17.9 Å².